The highest BCUT2D eigenvalue weighted by molar-refractivity contribution is 7.94. The Balaban J connectivity index is 1.83. The van der Waals surface area contributed by atoms with Crippen LogP contribution in [0.2, 0.25) is 0 Å². The molecule has 0 saturated carbocycles. The van der Waals surface area contributed by atoms with Gasteiger partial charge in [-0.15, -0.1) is 0 Å². The number of para-hydroxylation sites is 1. The van der Waals surface area contributed by atoms with Crippen LogP contribution in [0.15, 0.2) is 89.9 Å². The molecule has 3 aromatic carbocycles. The Morgan fingerprint density at radius 3 is 1.83 bits per heavy atom. The van der Waals surface area contributed by atoms with Crippen LogP contribution in [-0.2, 0) is 15.0 Å². The second kappa shape index (κ2) is 10.9. The lowest BCUT2D eigenvalue weighted by atomic mass is 10.2. The van der Waals surface area contributed by atoms with Gasteiger partial charge in [-0.3, -0.25) is 24.7 Å². The molecule has 1 amide bonds. The Hall–Kier alpha value is -4.06. The summed E-state index contributed by atoms with van der Waals surface area (Å²) in [5.74, 6) is -2.38. The zero-order valence-electron chi connectivity index (χ0n) is 18.5. The number of hydrogen-bond donors (Lipinski definition) is 3. The fraction of sp³-hybridized carbons (Fsp3) is 0.130. The molecule has 0 heterocycles. The molecule has 0 aliphatic rings. The van der Waals surface area contributed by atoms with Gasteiger partial charge in [0.05, 0.1) is 17.1 Å². The monoisotopic (exact) mass is 505 g/mol. The Bertz CT molecular complexity index is 1270. The maximum absolute atomic E-state index is 13.4. The normalized spacial score (nSPS) is 12.1. The van der Waals surface area contributed by atoms with E-state index >= 15 is 0 Å². The molecule has 0 bridgehead atoms. The number of nitrogens with one attached hydrogen (secondary N) is 3. The van der Waals surface area contributed by atoms with E-state index in [9.17, 15) is 26.4 Å². The Morgan fingerprint density at radius 1 is 0.829 bits per heavy atom. The number of alkyl halides is 3. The van der Waals surface area contributed by atoms with Crippen molar-refractivity contribution in [3.05, 3.63) is 90.5 Å². The molecule has 0 saturated heterocycles. The van der Waals surface area contributed by atoms with Gasteiger partial charge in [0.1, 0.15) is 0 Å². The number of hydrazine groups is 1. The van der Waals surface area contributed by atoms with Crippen LogP contribution in [0.25, 0.3) is 0 Å². The van der Waals surface area contributed by atoms with Crippen LogP contribution in [-0.4, -0.2) is 37.9 Å². The minimum Gasteiger partial charge on any atom is -0.290 e. The third-order valence-corrected chi connectivity index (χ3v) is 5.41. The van der Waals surface area contributed by atoms with Gasteiger partial charge in [-0.1, -0.05) is 48.5 Å². The summed E-state index contributed by atoms with van der Waals surface area (Å²) in [6.07, 6.45) is -5.17. The fourth-order valence-corrected chi connectivity index (χ4v) is 3.88. The predicted octanol–water partition coefficient (Wildman–Crippen LogP) is 4.64. The standard InChI is InChI=1S/C23H22F3N5O3S/c1-2-27-21(17-9-5-3-6-10-17)31(22(32)23(24,25)26)28-18-13-15-20(16-14-18)30-35(33,34)29-19-11-7-4-8-12-19/h3-16,28-30H,2H2,1H3/b27-21+. The van der Waals surface area contributed by atoms with E-state index in [2.05, 4.69) is 19.9 Å². The first-order chi connectivity index (χ1) is 16.6. The molecule has 0 atom stereocenters. The third kappa shape index (κ3) is 7.21. The van der Waals surface area contributed by atoms with Gasteiger partial charge in [0.25, 0.3) is 0 Å². The number of carbonyl (C=O) groups is 1. The first-order valence-corrected chi connectivity index (χ1v) is 11.8. The molecule has 0 spiro atoms. The van der Waals surface area contributed by atoms with Crippen LogP contribution >= 0.6 is 0 Å². The number of benzene rings is 3. The van der Waals surface area contributed by atoms with Gasteiger partial charge in [-0.2, -0.15) is 26.6 Å². The lowest BCUT2D eigenvalue weighted by molar-refractivity contribution is -0.180. The van der Waals surface area contributed by atoms with Gasteiger partial charge >= 0.3 is 22.3 Å². The predicted molar refractivity (Wildman–Crippen MR) is 129 cm³/mol. The first-order valence-electron chi connectivity index (χ1n) is 10.3. The molecule has 3 aromatic rings. The largest absolute Gasteiger partial charge is 0.473 e. The van der Waals surface area contributed by atoms with Crippen LogP contribution in [0, 0.1) is 0 Å². The summed E-state index contributed by atoms with van der Waals surface area (Å²) in [4.78, 5) is 16.3. The highest BCUT2D eigenvalue weighted by Gasteiger charge is 2.45. The second-order valence-electron chi connectivity index (χ2n) is 7.07. The van der Waals surface area contributed by atoms with Crippen molar-refractivity contribution in [3.8, 4) is 0 Å². The van der Waals surface area contributed by atoms with Crippen molar-refractivity contribution in [1.29, 1.82) is 0 Å². The molecule has 3 rings (SSSR count). The average molecular weight is 506 g/mol. The molecule has 8 nitrogen and oxygen atoms in total. The van der Waals surface area contributed by atoms with Crippen molar-refractivity contribution in [1.82, 2.24) is 5.01 Å². The fourth-order valence-electron chi connectivity index (χ4n) is 2.94. The number of anilines is 3. The minimum atomic E-state index is -5.17. The minimum absolute atomic E-state index is 0.0984. The molecular formula is C23H22F3N5O3S. The van der Waals surface area contributed by atoms with Crippen molar-refractivity contribution in [3.63, 3.8) is 0 Å². The molecule has 12 heteroatoms. The molecular weight excluding hydrogens is 483 g/mol. The Labute approximate surface area is 200 Å². The van der Waals surface area contributed by atoms with Crippen LogP contribution in [0.5, 0.6) is 0 Å². The number of aliphatic imine (C=N–C) groups is 1. The van der Waals surface area contributed by atoms with E-state index in [0.717, 1.165) is 0 Å². The zero-order valence-corrected chi connectivity index (χ0v) is 19.3. The molecule has 3 N–H and O–H groups in total. The SMILES string of the molecule is CC/N=C(\c1ccccc1)N(Nc1ccc(NS(=O)(=O)Nc2ccccc2)cc1)C(=O)C(F)(F)F. The maximum atomic E-state index is 13.4. The lowest BCUT2D eigenvalue weighted by Crippen LogP contribution is -2.48. The van der Waals surface area contributed by atoms with Crippen LogP contribution < -0.4 is 14.9 Å². The summed E-state index contributed by atoms with van der Waals surface area (Å²) in [6.45, 7) is 1.76. The lowest BCUT2D eigenvalue weighted by Gasteiger charge is -2.26. The van der Waals surface area contributed by atoms with E-state index in [-0.39, 0.29) is 23.8 Å². The van der Waals surface area contributed by atoms with Crippen LogP contribution in [0.4, 0.5) is 30.2 Å². The number of carbonyl (C=O) groups excluding carboxylic acids is 1. The maximum Gasteiger partial charge on any atom is 0.473 e. The van der Waals surface area contributed by atoms with Gasteiger partial charge in [0.2, 0.25) is 0 Å². The smallest absolute Gasteiger partial charge is 0.290 e. The first kappa shape index (κ1) is 25.6. The molecule has 0 radical (unpaired) electrons. The molecule has 0 aliphatic heterocycles. The zero-order chi connectivity index (χ0) is 25.5. The summed E-state index contributed by atoms with van der Waals surface area (Å²) in [7, 11) is -3.97. The van der Waals surface area contributed by atoms with Crippen molar-refractivity contribution < 1.29 is 26.4 Å². The van der Waals surface area contributed by atoms with Gasteiger partial charge in [-0.25, -0.2) is 0 Å². The van der Waals surface area contributed by atoms with Gasteiger partial charge in [0.15, 0.2) is 5.84 Å². The number of hydrogen-bond acceptors (Lipinski definition) is 5. The number of nitrogens with zero attached hydrogens (tertiary/aromatic N) is 2. The average Bonchev–Trinajstić information content (AvgIpc) is 2.82. The topological polar surface area (TPSA) is 103 Å². The van der Waals surface area contributed by atoms with Crippen molar-refractivity contribution in [2.45, 2.75) is 13.1 Å². The summed E-state index contributed by atoms with van der Waals surface area (Å²) in [5, 5.41) is 0.328. The summed E-state index contributed by atoms with van der Waals surface area (Å²) in [6, 6.07) is 21.5. The van der Waals surface area contributed by atoms with Crippen molar-refractivity contribution in [2.24, 2.45) is 4.99 Å². The number of rotatable bonds is 8. The van der Waals surface area contributed by atoms with Gasteiger partial charge < -0.3 is 0 Å². The summed E-state index contributed by atoms with van der Waals surface area (Å²) < 4.78 is 69.4. The molecule has 0 aromatic heterocycles. The molecule has 184 valence electrons. The third-order valence-electron chi connectivity index (χ3n) is 4.40. The van der Waals surface area contributed by atoms with E-state index in [1.165, 1.54) is 36.4 Å². The van der Waals surface area contributed by atoms with Gasteiger partial charge in [-0.05, 0) is 43.3 Å². The molecule has 0 fully saturated rings. The second-order valence-corrected chi connectivity index (χ2v) is 8.48. The molecule has 35 heavy (non-hydrogen) atoms. The molecule has 0 aliphatic carbocycles. The summed E-state index contributed by atoms with van der Waals surface area (Å²) in [5.41, 5.74) is 3.34. The Morgan fingerprint density at radius 2 is 1.31 bits per heavy atom. The van der Waals surface area contributed by atoms with Crippen molar-refractivity contribution in [2.75, 3.05) is 21.4 Å². The highest BCUT2D eigenvalue weighted by atomic mass is 32.2. The number of amides is 1. The van der Waals surface area contributed by atoms with Gasteiger partial charge in [0, 0.05) is 12.1 Å². The molecule has 0 unspecified atom stereocenters. The van der Waals surface area contributed by atoms with Crippen LogP contribution in [0.3, 0.4) is 0 Å². The van der Waals surface area contributed by atoms with Crippen LogP contribution in [0.1, 0.15) is 12.5 Å². The van der Waals surface area contributed by atoms with E-state index in [1.807, 2.05) is 0 Å². The van der Waals surface area contributed by atoms with E-state index in [0.29, 0.717) is 16.3 Å². The van der Waals surface area contributed by atoms with Crippen molar-refractivity contribution >= 4 is 39.0 Å². The summed E-state index contributed by atoms with van der Waals surface area (Å²) >= 11 is 0. The quantitative estimate of drug-likeness (QED) is 0.236. The van der Waals surface area contributed by atoms with E-state index < -0.39 is 22.3 Å². The van der Waals surface area contributed by atoms with E-state index in [1.54, 1.807) is 55.5 Å². The van der Waals surface area contributed by atoms with E-state index in [4.69, 9.17) is 0 Å². The number of amidine groups is 1. The number of halogens is 3. The Kier molecular flexibility index (Phi) is 7.97. The highest BCUT2D eigenvalue weighted by Crippen LogP contribution is 2.23.